The number of allylic oxidation sites excluding steroid dienone is 1. The van der Waals surface area contributed by atoms with Crippen molar-refractivity contribution in [3.63, 3.8) is 0 Å². The molecule has 0 spiro atoms. The minimum atomic E-state index is -0.577. The highest BCUT2D eigenvalue weighted by Crippen LogP contribution is 2.24. The zero-order valence-electron chi connectivity index (χ0n) is 12.0. The number of carbonyl (C=O) groups is 1. The third-order valence-corrected chi connectivity index (χ3v) is 3.55. The van der Waals surface area contributed by atoms with Crippen molar-refractivity contribution in [2.45, 2.75) is 46.3 Å². The van der Waals surface area contributed by atoms with Gasteiger partial charge in [-0.1, -0.05) is 27.7 Å². The molecule has 0 heterocycles. The van der Waals surface area contributed by atoms with Crippen LogP contribution in [0.1, 0.15) is 41.5 Å². The molecule has 0 aromatic heterocycles. The van der Waals surface area contributed by atoms with Crippen LogP contribution in [0.5, 0.6) is 0 Å². The summed E-state index contributed by atoms with van der Waals surface area (Å²) in [5, 5.41) is 19.9. The summed E-state index contributed by atoms with van der Waals surface area (Å²) in [6.45, 7) is 11.1. The van der Waals surface area contributed by atoms with E-state index in [1.54, 1.807) is 0 Å². The van der Waals surface area contributed by atoms with E-state index in [-0.39, 0.29) is 17.5 Å². The average Bonchev–Trinajstić information content (AvgIpc) is 2.15. The van der Waals surface area contributed by atoms with Crippen molar-refractivity contribution in [1.29, 1.82) is 5.41 Å². The van der Waals surface area contributed by atoms with Gasteiger partial charge in [0.1, 0.15) is 11.6 Å². The van der Waals surface area contributed by atoms with Crippen molar-refractivity contribution in [2.24, 2.45) is 5.41 Å². The van der Waals surface area contributed by atoms with Gasteiger partial charge in [0, 0.05) is 11.5 Å². The molecule has 0 radical (unpaired) electrons. The number of rotatable bonds is 4. The Kier molecular flexibility index (Phi) is 5.93. The van der Waals surface area contributed by atoms with E-state index in [4.69, 9.17) is 5.41 Å². The third kappa shape index (κ3) is 5.58. The molecule has 0 aliphatic heterocycles. The Morgan fingerprint density at radius 2 is 1.83 bits per heavy atom. The molecule has 0 aliphatic carbocycles. The van der Waals surface area contributed by atoms with Crippen LogP contribution in [0.2, 0.25) is 0 Å². The van der Waals surface area contributed by atoms with E-state index in [1.165, 1.54) is 17.8 Å². The van der Waals surface area contributed by atoms with E-state index in [9.17, 15) is 9.90 Å². The SMILES string of the molecule is CCSC(C)(C)C(=O)NC(=N)/C=C(\O)C(C)(C)C. The molecule has 0 saturated carbocycles. The summed E-state index contributed by atoms with van der Waals surface area (Å²) in [5.41, 5.74) is -0.426. The highest BCUT2D eigenvalue weighted by Gasteiger charge is 2.28. The van der Waals surface area contributed by atoms with Crippen LogP contribution in [-0.2, 0) is 4.79 Å². The third-order valence-electron chi connectivity index (χ3n) is 2.35. The van der Waals surface area contributed by atoms with Crippen LogP contribution in [0.4, 0.5) is 0 Å². The molecule has 0 saturated heterocycles. The van der Waals surface area contributed by atoms with Gasteiger partial charge in [-0.25, -0.2) is 0 Å². The Labute approximate surface area is 114 Å². The lowest BCUT2D eigenvalue weighted by Gasteiger charge is -2.22. The predicted octanol–water partition coefficient (Wildman–Crippen LogP) is 3.10. The van der Waals surface area contributed by atoms with Gasteiger partial charge in [0.15, 0.2) is 0 Å². The second-order valence-electron chi connectivity index (χ2n) is 5.59. The molecule has 0 rings (SSSR count). The van der Waals surface area contributed by atoms with E-state index >= 15 is 0 Å². The predicted molar refractivity (Wildman–Crippen MR) is 78.2 cm³/mol. The van der Waals surface area contributed by atoms with E-state index in [2.05, 4.69) is 5.32 Å². The smallest absolute Gasteiger partial charge is 0.241 e. The standard InChI is InChI=1S/C13H24N2O2S/c1-7-18-13(5,6)11(17)15-10(14)8-9(16)12(2,3)4/h8,16H,7H2,1-6H3,(H2,14,15,17)/b9-8-. The molecule has 1 amide bonds. The van der Waals surface area contributed by atoms with E-state index < -0.39 is 10.2 Å². The fraction of sp³-hybridized carbons (Fsp3) is 0.692. The number of amides is 1. The Morgan fingerprint density at radius 1 is 1.33 bits per heavy atom. The van der Waals surface area contributed by atoms with Gasteiger partial charge >= 0.3 is 0 Å². The first-order chi connectivity index (χ1) is 8.00. The summed E-state index contributed by atoms with van der Waals surface area (Å²) in [6.07, 6.45) is 1.28. The fourth-order valence-corrected chi connectivity index (χ4v) is 1.99. The van der Waals surface area contributed by atoms with Crippen LogP contribution in [0, 0.1) is 10.8 Å². The van der Waals surface area contributed by atoms with Crippen molar-refractivity contribution < 1.29 is 9.90 Å². The molecule has 0 fully saturated rings. The topological polar surface area (TPSA) is 73.2 Å². The zero-order valence-corrected chi connectivity index (χ0v) is 12.9. The Bertz CT molecular complexity index is 354. The Morgan fingerprint density at radius 3 is 2.22 bits per heavy atom. The normalized spacial score (nSPS) is 13.3. The highest BCUT2D eigenvalue weighted by molar-refractivity contribution is 8.01. The molecule has 0 aromatic carbocycles. The van der Waals surface area contributed by atoms with Crippen molar-refractivity contribution >= 4 is 23.5 Å². The van der Waals surface area contributed by atoms with Gasteiger partial charge in [0.2, 0.25) is 5.91 Å². The fourth-order valence-electron chi connectivity index (χ4n) is 1.09. The van der Waals surface area contributed by atoms with Crippen LogP contribution >= 0.6 is 11.8 Å². The van der Waals surface area contributed by atoms with Gasteiger partial charge in [-0.3, -0.25) is 10.2 Å². The molecule has 3 N–H and O–H groups in total. The second-order valence-corrected chi connectivity index (χ2v) is 7.48. The molecule has 0 atom stereocenters. The summed E-state index contributed by atoms with van der Waals surface area (Å²) < 4.78 is -0.577. The number of aliphatic hydroxyl groups excluding tert-OH is 1. The van der Waals surface area contributed by atoms with E-state index in [0.29, 0.717) is 0 Å². The van der Waals surface area contributed by atoms with Gasteiger partial charge in [-0.05, 0) is 19.6 Å². The Hall–Kier alpha value is -0.970. The minimum Gasteiger partial charge on any atom is -0.512 e. The maximum Gasteiger partial charge on any atom is 0.241 e. The summed E-state index contributed by atoms with van der Waals surface area (Å²) in [4.78, 5) is 11.9. The van der Waals surface area contributed by atoms with Gasteiger partial charge < -0.3 is 10.4 Å². The number of amidine groups is 1. The van der Waals surface area contributed by atoms with E-state index in [1.807, 2.05) is 41.5 Å². The lowest BCUT2D eigenvalue weighted by atomic mass is 9.93. The van der Waals surface area contributed by atoms with Crippen molar-refractivity contribution in [1.82, 2.24) is 5.32 Å². The molecule has 5 heteroatoms. The Balaban J connectivity index is 4.65. The minimum absolute atomic E-state index is 0.0775. The largest absolute Gasteiger partial charge is 0.512 e. The van der Waals surface area contributed by atoms with Gasteiger partial charge in [0.05, 0.1) is 4.75 Å². The number of hydrogen-bond donors (Lipinski definition) is 3. The molecule has 0 bridgehead atoms. The average molecular weight is 272 g/mol. The summed E-state index contributed by atoms with van der Waals surface area (Å²) >= 11 is 1.52. The van der Waals surface area contributed by atoms with Gasteiger partial charge in [0.25, 0.3) is 0 Å². The first-order valence-electron chi connectivity index (χ1n) is 5.95. The molecular weight excluding hydrogens is 248 g/mol. The number of carbonyl (C=O) groups excluding carboxylic acids is 1. The first kappa shape index (κ1) is 17.0. The molecule has 0 aliphatic rings. The molecule has 104 valence electrons. The molecule has 0 unspecified atom stereocenters. The van der Waals surface area contributed by atoms with Gasteiger partial charge in [-0.2, -0.15) is 0 Å². The summed E-state index contributed by atoms with van der Waals surface area (Å²) in [7, 11) is 0. The lowest BCUT2D eigenvalue weighted by Crippen LogP contribution is -2.42. The maximum absolute atomic E-state index is 11.9. The zero-order chi connectivity index (χ0) is 14.6. The van der Waals surface area contributed by atoms with Crippen molar-refractivity contribution in [2.75, 3.05) is 5.75 Å². The van der Waals surface area contributed by atoms with Gasteiger partial charge in [-0.15, -0.1) is 11.8 Å². The van der Waals surface area contributed by atoms with Crippen molar-refractivity contribution in [3.05, 3.63) is 11.8 Å². The molecule has 18 heavy (non-hydrogen) atoms. The molecular formula is C13H24N2O2S. The summed E-state index contributed by atoms with van der Waals surface area (Å²) in [5.74, 6) is 0.597. The lowest BCUT2D eigenvalue weighted by molar-refractivity contribution is -0.121. The number of nitrogens with one attached hydrogen (secondary N) is 2. The number of hydrogen-bond acceptors (Lipinski definition) is 4. The van der Waals surface area contributed by atoms with Crippen LogP contribution in [0.25, 0.3) is 0 Å². The monoisotopic (exact) mass is 272 g/mol. The van der Waals surface area contributed by atoms with Crippen LogP contribution < -0.4 is 5.32 Å². The first-order valence-corrected chi connectivity index (χ1v) is 6.94. The summed E-state index contributed by atoms with van der Waals surface area (Å²) in [6, 6.07) is 0. The van der Waals surface area contributed by atoms with Crippen LogP contribution in [0.15, 0.2) is 11.8 Å². The number of aliphatic hydroxyl groups is 1. The quantitative estimate of drug-likeness (QED) is 0.418. The van der Waals surface area contributed by atoms with Crippen molar-refractivity contribution in [3.8, 4) is 0 Å². The molecule has 0 aromatic rings. The van der Waals surface area contributed by atoms with Crippen LogP contribution in [0.3, 0.4) is 0 Å². The highest BCUT2D eigenvalue weighted by atomic mass is 32.2. The van der Waals surface area contributed by atoms with Crippen LogP contribution in [-0.4, -0.2) is 27.3 Å². The van der Waals surface area contributed by atoms with E-state index in [0.717, 1.165) is 5.75 Å². The number of thioether (sulfide) groups is 1. The second kappa shape index (κ2) is 6.27. The molecule has 4 nitrogen and oxygen atoms in total. The maximum atomic E-state index is 11.9.